The third-order valence-corrected chi connectivity index (χ3v) is 5.67. The van der Waals surface area contributed by atoms with Crippen LogP contribution in [0.15, 0.2) is 0 Å². The van der Waals surface area contributed by atoms with Gasteiger partial charge in [-0.15, -0.1) is 0 Å². The van der Waals surface area contributed by atoms with Crippen molar-refractivity contribution in [2.45, 2.75) is 57.5 Å². The molecule has 0 aliphatic carbocycles. The van der Waals surface area contributed by atoms with Gasteiger partial charge in [0.15, 0.2) is 0 Å². The Kier molecular flexibility index (Phi) is 5.41. The molecule has 0 radical (unpaired) electrons. The smallest absolute Gasteiger partial charge is 0.317 e. The molecule has 3 saturated heterocycles. The van der Waals surface area contributed by atoms with E-state index in [0.717, 1.165) is 64.8 Å². The van der Waals surface area contributed by atoms with Crippen LogP contribution in [-0.2, 0) is 4.79 Å². The molecule has 0 aromatic rings. The largest absolute Gasteiger partial charge is 0.339 e. The number of likely N-dealkylation sites (tertiary alicyclic amines) is 2. The van der Waals surface area contributed by atoms with Gasteiger partial charge >= 0.3 is 6.03 Å². The molecule has 3 aliphatic rings. The van der Waals surface area contributed by atoms with Crippen LogP contribution in [0.3, 0.4) is 0 Å². The molecule has 3 amide bonds. The summed E-state index contributed by atoms with van der Waals surface area (Å²) < 4.78 is 0. The fraction of sp³-hybridized carbons (Fsp3) is 0.882. The van der Waals surface area contributed by atoms with Crippen LogP contribution in [0.1, 0.15) is 45.4 Å². The molecule has 0 aromatic carbocycles. The third kappa shape index (κ3) is 3.79. The Labute approximate surface area is 139 Å². The first-order chi connectivity index (χ1) is 11.2. The van der Waals surface area contributed by atoms with Crippen LogP contribution in [0.5, 0.6) is 0 Å². The zero-order valence-electron chi connectivity index (χ0n) is 14.3. The SMILES string of the molecule is CC[C@@H]1CCCCN1C(=O)CN1CCC(N2CCNC2=O)CC1. The van der Waals surface area contributed by atoms with Crippen LogP contribution in [0.25, 0.3) is 0 Å². The number of hydrogen-bond acceptors (Lipinski definition) is 3. The highest BCUT2D eigenvalue weighted by molar-refractivity contribution is 5.79. The zero-order chi connectivity index (χ0) is 16.2. The summed E-state index contributed by atoms with van der Waals surface area (Å²) in [7, 11) is 0. The van der Waals surface area contributed by atoms with Crippen LogP contribution >= 0.6 is 0 Å². The predicted molar refractivity (Wildman–Crippen MR) is 89.2 cm³/mol. The summed E-state index contributed by atoms with van der Waals surface area (Å²) in [5.74, 6) is 0.300. The molecule has 3 rings (SSSR count). The summed E-state index contributed by atoms with van der Waals surface area (Å²) in [6.45, 7) is 7.11. The molecule has 1 N–H and O–H groups in total. The van der Waals surface area contributed by atoms with Gasteiger partial charge in [0.2, 0.25) is 5.91 Å². The lowest BCUT2D eigenvalue weighted by Crippen LogP contribution is -2.51. The molecule has 3 heterocycles. The first kappa shape index (κ1) is 16.6. The number of carbonyl (C=O) groups is 2. The minimum atomic E-state index is 0.0821. The first-order valence-electron chi connectivity index (χ1n) is 9.25. The van der Waals surface area contributed by atoms with Gasteiger partial charge in [-0.2, -0.15) is 0 Å². The monoisotopic (exact) mass is 322 g/mol. The maximum Gasteiger partial charge on any atom is 0.317 e. The summed E-state index contributed by atoms with van der Waals surface area (Å²) in [6.07, 6.45) is 6.60. The van der Waals surface area contributed by atoms with E-state index in [9.17, 15) is 9.59 Å². The summed E-state index contributed by atoms with van der Waals surface area (Å²) in [4.78, 5) is 30.7. The van der Waals surface area contributed by atoms with Crippen LogP contribution in [0.4, 0.5) is 4.79 Å². The maximum absolute atomic E-state index is 12.6. The fourth-order valence-electron chi connectivity index (χ4n) is 4.26. The van der Waals surface area contributed by atoms with Crippen molar-refractivity contribution in [1.82, 2.24) is 20.0 Å². The number of nitrogens with zero attached hydrogens (tertiary/aromatic N) is 3. The topological polar surface area (TPSA) is 55.9 Å². The Hall–Kier alpha value is -1.30. The normalized spacial score (nSPS) is 27.3. The molecule has 0 saturated carbocycles. The number of urea groups is 1. The quantitative estimate of drug-likeness (QED) is 0.848. The van der Waals surface area contributed by atoms with Gasteiger partial charge in [0, 0.05) is 44.8 Å². The van der Waals surface area contributed by atoms with E-state index in [1.807, 2.05) is 4.90 Å². The second kappa shape index (κ2) is 7.51. The van der Waals surface area contributed by atoms with E-state index in [2.05, 4.69) is 22.0 Å². The lowest BCUT2D eigenvalue weighted by Gasteiger charge is -2.39. The second-order valence-corrected chi connectivity index (χ2v) is 7.08. The van der Waals surface area contributed by atoms with Crippen molar-refractivity contribution < 1.29 is 9.59 Å². The number of rotatable bonds is 4. The molecule has 1 atom stereocenters. The van der Waals surface area contributed by atoms with Crippen molar-refractivity contribution in [3.63, 3.8) is 0 Å². The standard InChI is InChI=1S/C17H30N4O2/c1-2-14-5-3-4-9-20(14)16(22)13-19-10-6-15(7-11-19)21-12-8-18-17(21)23/h14-15H,2-13H2,1H3,(H,18,23)/t14-/m1/s1. The summed E-state index contributed by atoms with van der Waals surface area (Å²) in [5, 5.41) is 2.88. The molecule has 6 nitrogen and oxygen atoms in total. The van der Waals surface area contributed by atoms with Crippen molar-refractivity contribution in [2.24, 2.45) is 0 Å². The van der Waals surface area contributed by atoms with E-state index in [1.54, 1.807) is 0 Å². The Bertz CT molecular complexity index is 434. The number of nitrogens with one attached hydrogen (secondary N) is 1. The Morgan fingerprint density at radius 1 is 1.13 bits per heavy atom. The molecule has 0 aromatic heterocycles. The van der Waals surface area contributed by atoms with Gasteiger partial charge in [-0.05, 0) is 38.5 Å². The summed E-state index contributed by atoms with van der Waals surface area (Å²) >= 11 is 0. The number of carbonyl (C=O) groups excluding carboxylic acids is 2. The Morgan fingerprint density at radius 3 is 2.57 bits per heavy atom. The highest BCUT2D eigenvalue weighted by Gasteiger charge is 2.32. The van der Waals surface area contributed by atoms with Gasteiger partial charge in [-0.25, -0.2) is 4.79 Å². The molecule has 6 heteroatoms. The lowest BCUT2D eigenvalue weighted by atomic mass is 9.99. The molecular weight excluding hydrogens is 292 g/mol. The molecule has 0 spiro atoms. The van der Waals surface area contributed by atoms with Gasteiger partial charge in [0.05, 0.1) is 6.54 Å². The third-order valence-electron chi connectivity index (χ3n) is 5.67. The van der Waals surface area contributed by atoms with E-state index < -0.39 is 0 Å². The average molecular weight is 322 g/mol. The van der Waals surface area contributed by atoms with Crippen molar-refractivity contribution in [3.05, 3.63) is 0 Å². The average Bonchev–Trinajstić information content (AvgIpc) is 3.01. The van der Waals surface area contributed by atoms with Gasteiger partial charge in [0.25, 0.3) is 0 Å². The van der Waals surface area contributed by atoms with Crippen LogP contribution < -0.4 is 5.32 Å². The van der Waals surface area contributed by atoms with Crippen LogP contribution in [0.2, 0.25) is 0 Å². The van der Waals surface area contributed by atoms with E-state index in [0.29, 0.717) is 24.5 Å². The molecule has 0 bridgehead atoms. The molecule has 0 unspecified atom stereocenters. The minimum Gasteiger partial charge on any atom is -0.339 e. The van der Waals surface area contributed by atoms with Crippen molar-refractivity contribution in [3.8, 4) is 0 Å². The first-order valence-corrected chi connectivity index (χ1v) is 9.25. The highest BCUT2D eigenvalue weighted by atomic mass is 16.2. The Balaban J connectivity index is 1.46. The number of hydrogen-bond donors (Lipinski definition) is 1. The number of amides is 3. The minimum absolute atomic E-state index is 0.0821. The van der Waals surface area contributed by atoms with E-state index in [4.69, 9.17) is 0 Å². The highest BCUT2D eigenvalue weighted by Crippen LogP contribution is 2.21. The van der Waals surface area contributed by atoms with Crippen molar-refractivity contribution >= 4 is 11.9 Å². The van der Waals surface area contributed by atoms with E-state index in [1.165, 1.54) is 6.42 Å². The van der Waals surface area contributed by atoms with Crippen molar-refractivity contribution in [1.29, 1.82) is 0 Å². The van der Waals surface area contributed by atoms with Crippen molar-refractivity contribution in [2.75, 3.05) is 39.3 Å². The molecule has 3 fully saturated rings. The van der Waals surface area contributed by atoms with Gasteiger partial charge in [-0.1, -0.05) is 6.92 Å². The fourth-order valence-corrected chi connectivity index (χ4v) is 4.26. The Morgan fingerprint density at radius 2 is 1.91 bits per heavy atom. The van der Waals surface area contributed by atoms with Gasteiger partial charge < -0.3 is 15.1 Å². The molecule has 23 heavy (non-hydrogen) atoms. The molecule has 130 valence electrons. The molecular formula is C17H30N4O2. The van der Waals surface area contributed by atoms with E-state index >= 15 is 0 Å². The van der Waals surface area contributed by atoms with Crippen LogP contribution in [0, 0.1) is 0 Å². The number of piperidine rings is 2. The van der Waals surface area contributed by atoms with Gasteiger partial charge in [-0.3, -0.25) is 9.69 Å². The second-order valence-electron chi connectivity index (χ2n) is 7.08. The van der Waals surface area contributed by atoms with Crippen LogP contribution in [-0.4, -0.2) is 78.0 Å². The molecule has 3 aliphatic heterocycles. The summed E-state index contributed by atoms with van der Waals surface area (Å²) in [6, 6.07) is 0.878. The van der Waals surface area contributed by atoms with E-state index in [-0.39, 0.29) is 6.03 Å². The zero-order valence-corrected chi connectivity index (χ0v) is 14.3. The predicted octanol–water partition coefficient (Wildman–Crippen LogP) is 1.27. The summed E-state index contributed by atoms with van der Waals surface area (Å²) in [5.41, 5.74) is 0. The lowest BCUT2D eigenvalue weighted by molar-refractivity contribution is -0.136. The van der Waals surface area contributed by atoms with Gasteiger partial charge in [0.1, 0.15) is 0 Å². The maximum atomic E-state index is 12.6.